The van der Waals surface area contributed by atoms with Crippen molar-refractivity contribution in [3.63, 3.8) is 0 Å². The van der Waals surface area contributed by atoms with E-state index in [1.165, 1.54) is 12.1 Å². The normalized spacial score (nSPS) is 23.6. The first-order chi connectivity index (χ1) is 14.4. The highest BCUT2D eigenvalue weighted by molar-refractivity contribution is 7.86. The number of pyridine rings is 1. The van der Waals surface area contributed by atoms with Crippen molar-refractivity contribution in [2.24, 2.45) is 0 Å². The second kappa shape index (κ2) is 7.38. The minimum atomic E-state index is -3.59. The second-order valence-electron chi connectivity index (χ2n) is 7.20. The fourth-order valence-electron chi connectivity index (χ4n) is 3.67. The van der Waals surface area contributed by atoms with Crippen LogP contribution in [0.5, 0.6) is 11.8 Å². The van der Waals surface area contributed by atoms with E-state index in [0.29, 0.717) is 46.7 Å². The van der Waals surface area contributed by atoms with Gasteiger partial charge in [-0.05, 0) is 36.8 Å². The van der Waals surface area contributed by atoms with Crippen LogP contribution in [0, 0.1) is 0 Å². The third-order valence-electron chi connectivity index (χ3n) is 4.96. The zero-order valence-corrected chi connectivity index (χ0v) is 17.4. The molecule has 2 saturated heterocycles. The fourth-order valence-corrected chi connectivity index (χ4v) is 4.39. The van der Waals surface area contributed by atoms with Gasteiger partial charge in [-0.25, -0.2) is 4.98 Å². The van der Waals surface area contributed by atoms with Crippen LogP contribution in [0.2, 0.25) is 5.02 Å². The summed E-state index contributed by atoms with van der Waals surface area (Å²) in [5, 5.41) is 0.415. The van der Waals surface area contributed by atoms with Gasteiger partial charge in [0.15, 0.2) is 11.8 Å². The summed E-state index contributed by atoms with van der Waals surface area (Å²) in [6.45, 7) is 1.12. The molecular weight excluding hydrogens is 434 g/mol. The highest BCUT2D eigenvalue weighted by atomic mass is 35.5. The highest BCUT2D eigenvalue weighted by Crippen LogP contribution is 2.32. The fraction of sp³-hybridized carbons (Fsp3) is 0.368. The summed E-state index contributed by atoms with van der Waals surface area (Å²) in [6.07, 6.45) is 1.63. The molecule has 0 saturated carbocycles. The lowest BCUT2D eigenvalue weighted by Gasteiger charge is -2.15. The highest BCUT2D eigenvalue weighted by Gasteiger charge is 2.43. The van der Waals surface area contributed by atoms with Crippen LogP contribution in [0.1, 0.15) is 6.42 Å². The van der Waals surface area contributed by atoms with Gasteiger partial charge in [-0.1, -0.05) is 11.6 Å². The lowest BCUT2D eigenvalue weighted by molar-refractivity contribution is 0.0273. The van der Waals surface area contributed by atoms with E-state index in [2.05, 4.69) is 15.0 Å². The number of rotatable bonds is 5. The molecule has 11 heteroatoms. The average Bonchev–Trinajstić information content (AvgIpc) is 3.37. The molecule has 2 aliphatic heterocycles. The van der Waals surface area contributed by atoms with Gasteiger partial charge in [-0.3, -0.25) is 0 Å². The van der Waals surface area contributed by atoms with Crippen molar-refractivity contribution >= 4 is 32.9 Å². The van der Waals surface area contributed by atoms with Crippen molar-refractivity contribution in [2.45, 2.75) is 24.7 Å². The first-order valence-corrected chi connectivity index (χ1v) is 11.5. The molecule has 4 heterocycles. The molecule has 1 unspecified atom stereocenters. The zero-order chi connectivity index (χ0) is 20.9. The van der Waals surface area contributed by atoms with E-state index in [1.54, 1.807) is 18.2 Å². The van der Waals surface area contributed by atoms with E-state index in [9.17, 15) is 8.42 Å². The number of H-pyrrole nitrogens is 1. The van der Waals surface area contributed by atoms with Crippen LogP contribution in [-0.4, -0.2) is 61.2 Å². The van der Waals surface area contributed by atoms with Gasteiger partial charge >= 0.3 is 10.1 Å². The van der Waals surface area contributed by atoms with Crippen molar-refractivity contribution < 1.29 is 26.8 Å². The summed E-state index contributed by atoms with van der Waals surface area (Å²) in [7, 11) is -3.59. The topological polar surface area (TPSA) is 113 Å². The number of benzene rings is 1. The Labute approximate surface area is 177 Å². The van der Waals surface area contributed by atoms with Crippen LogP contribution >= 0.6 is 11.6 Å². The van der Waals surface area contributed by atoms with Crippen LogP contribution in [0.15, 0.2) is 30.3 Å². The van der Waals surface area contributed by atoms with E-state index in [0.717, 1.165) is 12.7 Å². The third kappa shape index (κ3) is 3.83. The molecule has 0 amide bonds. The Morgan fingerprint density at radius 2 is 2.00 bits per heavy atom. The number of imidazole rings is 1. The molecule has 9 nitrogen and oxygen atoms in total. The molecule has 1 aromatic carbocycles. The maximum Gasteiger partial charge on any atom is 0.306 e. The molecule has 3 aromatic rings. The lowest BCUT2D eigenvalue weighted by atomic mass is 10.1. The number of fused-ring (bicyclic) bond motifs is 2. The molecule has 2 fully saturated rings. The summed E-state index contributed by atoms with van der Waals surface area (Å²) >= 11 is 6.42. The minimum absolute atomic E-state index is 0.0770. The molecule has 3 atom stereocenters. The van der Waals surface area contributed by atoms with Crippen LogP contribution in [0.25, 0.3) is 22.4 Å². The van der Waals surface area contributed by atoms with Crippen LogP contribution < -0.4 is 8.92 Å². The van der Waals surface area contributed by atoms with Gasteiger partial charge in [-0.2, -0.15) is 13.4 Å². The Kier molecular flexibility index (Phi) is 4.81. The predicted molar refractivity (Wildman–Crippen MR) is 108 cm³/mol. The number of hydrogen-bond acceptors (Lipinski definition) is 8. The molecule has 0 aliphatic carbocycles. The van der Waals surface area contributed by atoms with Crippen molar-refractivity contribution in [1.82, 2.24) is 15.0 Å². The molecule has 2 aliphatic rings. The van der Waals surface area contributed by atoms with Gasteiger partial charge in [0.25, 0.3) is 6.01 Å². The van der Waals surface area contributed by atoms with Crippen molar-refractivity contribution in [3.8, 4) is 23.0 Å². The number of nitrogens with zero attached hydrogens (tertiary/aromatic N) is 2. The molecule has 30 heavy (non-hydrogen) atoms. The van der Waals surface area contributed by atoms with E-state index < -0.39 is 10.1 Å². The van der Waals surface area contributed by atoms with Gasteiger partial charge in [-0.15, -0.1) is 0 Å². The lowest BCUT2D eigenvalue weighted by Crippen LogP contribution is -2.32. The van der Waals surface area contributed by atoms with Gasteiger partial charge in [0.1, 0.15) is 11.9 Å². The van der Waals surface area contributed by atoms with Crippen LogP contribution in [0.4, 0.5) is 0 Å². The zero-order valence-electron chi connectivity index (χ0n) is 15.9. The summed E-state index contributed by atoms with van der Waals surface area (Å²) in [6, 6.07) is 8.48. The number of aromatic amines is 1. The van der Waals surface area contributed by atoms with Crippen LogP contribution in [-0.2, 0) is 19.6 Å². The Bertz CT molecular complexity index is 1200. The number of ether oxygens (including phenoxy) is 3. The van der Waals surface area contributed by atoms with E-state index in [4.69, 9.17) is 30.0 Å². The van der Waals surface area contributed by atoms with E-state index in [1.807, 2.05) is 0 Å². The Hall–Kier alpha value is -2.40. The van der Waals surface area contributed by atoms with Gasteiger partial charge in [0.05, 0.1) is 35.2 Å². The van der Waals surface area contributed by atoms with Crippen molar-refractivity contribution in [1.29, 1.82) is 0 Å². The molecule has 5 rings (SSSR count). The first-order valence-electron chi connectivity index (χ1n) is 9.32. The summed E-state index contributed by atoms with van der Waals surface area (Å²) in [5.74, 6) is 0.208. The molecule has 1 N–H and O–H groups in total. The van der Waals surface area contributed by atoms with Crippen LogP contribution in [0.3, 0.4) is 0 Å². The SMILES string of the molecule is CS(=O)(=O)Oc1ccc(-c2nc3nc(OC4CO[C@@H]5CCO[C@H]45)[nH]c3cc2Cl)cc1. The summed E-state index contributed by atoms with van der Waals surface area (Å²) in [5.41, 5.74) is 2.29. The average molecular weight is 452 g/mol. The Morgan fingerprint density at radius 1 is 1.20 bits per heavy atom. The van der Waals surface area contributed by atoms with Crippen molar-refractivity contribution in [2.75, 3.05) is 19.5 Å². The second-order valence-corrected chi connectivity index (χ2v) is 9.18. The summed E-state index contributed by atoms with van der Waals surface area (Å²) in [4.78, 5) is 12.0. The molecule has 0 spiro atoms. The molecule has 0 radical (unpaired) electrons. The molecule has 158 valence electrons. The number of aromatic nitrogens is 3. The Balaban J connectivity index is 1.40. The smallest absolute Gasteiger partial charge is 0.306 e. The maximum absolute atomic E-state index is 11.2. The largest absolute Gasteiger partial charge is 0.456 e. The first kappa shape index (κ1) is 19.6. The monoisotopic (exact) mass is 451 g/mol. The van der Waals surface area contributed by atoms with Gasteiger partial charge < -0.3 is 23.4 Å². The quantitative estimate of drug-likeness (QED) is 0.589. The van der Waals surface area contributed by atoms with E-state index >= 15 is 0 Å². The van der Waals surface area contributed by atoms with E-state index in [-0.39, 0.29) is 24.1 Å². The minimum Gasteiger partial charge on any atom is -0.456 e. The summed E-state index contributed by atoms with van der Waals surface area (Å²) < 4.78 is 44.7. The molecular formula is C19H18ClN3O6S. The number of nitrogens with one attached hydrogen (secondary N) is 1. The molecule has 2 aromatic heterocycles. The van der Waals surface area contributed by atoms with Gasteiger partial charge in [0.2, 0.25) is 0 Å². The van der Waals surface area contributed by atoms with Gasteiger partial charge in [0, 0.05) is 12.2 Å². The third-order valence-corrected chi connectivity index (χ3v) is 5.75. The standard InChI is InChI=1S/C19H18ClN3O6S/c1-30(24,25)29-11-4-2-10(3-5-11)16-12(20)8-13-18(22-16)23-19(21-13)28-15-9-27-14-6-7-26-17(14)15/h2-5,8,14-15,17H,6-7,9H2,1H3,(H,21,22,23)/t14-,15?,17+/m1/s1. The molecule has 0 bridgehead atoms. The maximum atomic E-state index is 11.2. The predicted octanol–water partition coefficient (Wildman–Crippen LogP) is 2.55. The van der Waals surface area contributed by atoms with Crippen molar-refractivity contribution in [3.05, 3.63) is 35.4 Å². The number of halogens is 1. The Morgan fingerprint density at radius 3 is 2.77 bits per heavy atom. The number of hydrogen-bond donors (Lipinski definition) is 1.